The molecule has 1 aliphatic rings. The van der Waals surface area contributed by atoms with E-state index in [1.807, 2.05) is 6.92 Å². The van der Waals surface area contributed by atoms with Crippen LogP contribution in [-0.2, 0) is 9.47 Å². The normalized spacial score (nSPS) is 23.8. The molecule has 0 bridgehead atoms. The third-order valence-electron chi connectivity index (χ3n) is 4.18. The fourth-order valence-electron chi connectivity index (χ4n) is 2.38. The summed E-state index contributed by atoms with van der Waals surface area (Å²) < 4.78 is 25.4. The lowest BCUT2D eigenvalue weighted by atomic mass is 9.69. The monoisotopic (exact) mass is 348 g/mol. The van der Waals surface area contributed by atoms with Gasteiger partial charge in [-0.15, -0.1) is 5.92 Å². The van der Waals surface area contributed by atoms with Crippen LogP contribution in [0.25, 0.3) is 0 Å². The highest BCUT2D eigenvalue weighted by atomic mass is 19.1. The molecule has 6 nitrogen and oxygen atoms in total. The van der Waals surface area contributed by atoms with E-state index in [4.69, 9.17) is 15.2 Å². The lowest BCUT2D eigenvalue weighted by Crippen LogP contribution is -2.49. The first kappa shape index (κ1) is 20.4. The minimum absolute atomic E-state index is 0.0373. The first-order chi connectivity index (χ1) is 11.8. The molecule has 25 heavy (non-hydrogen) atoms. The smallest absolute Gasteiger partial charge is 0.282 e. The molecule has 136 valence electrons. The quantitative estimate of drug-likeness (QED) is 0.436. The van der Waals surface area contributed by atoms with Gasteiger partial charge in [-0.25, -0.2) is 14.4 Å². The summed E-state index contributed by atoms with van der Waals surface area (Å²) in [6.45, 7) is 10.7. The summed E-state index contributed by atoms with van der Waals surface area (Å²) in [7, 11) is 0. The molecular weight excluding hydrogens is 323 g/mol. The van der Waals surface area contributed by atoms with E-state index >= 15 is 0 Å². The van der Waals surface area contributed by atoms with E-state index in [0.29, 0.717) is 13.0 Å². The summed E-state index contributed by atoms with van der Waals surface area (Å²) >= 11 is 0. The third-order valence-corrected chi connectivity index (χ3v) is 4.18. The number of halogens is 1. The molecule has 1 heterocycles. The molecule has 0 spiro atoms. The number of nitrogens with zero attached hydrogens (tertiary/aromatic N) is 3. The molecule has 0 aromatic carbocycles. The minimum atomic E-state index is -1.14. The van der Waals surface area contributed by atoms with Crippen LogP contribution >= 0.6 is 0 Å². The molecule has 7 heteroatoms. The Hall–Kier alpha value is -2.62. The van der Waals surface area contributed by atoms with E-state index in [0.717, 1.165) is 0 Å². The van der Waals surface area contributed by atoms with E-state index in [-0.39, 0.29) is 24.3 Å². The fourth-order valence-corrected chi connectivity index (χ4v) is 2.38. The van der Waals surface area contributed by atoms with Crippen molar-refractivity contribution in [1.29, 1.82) is 0 Å². The Labute approximate surface area is 148 Å². The van der Waals surface area contributed by atoms with Crippen LogP contribution in [0.15, 0.2) is 39.0 Å². The predicted molar refractivity (Wildman–Crippen MR) is 99.1 cm³/mol. The molecule has 2 N–H and O–H groups in total. The molecule has 0 aliphatic carbocycles. The molecule has 0 saturated heterocycles. The van der Waals surface area contributed by atoms with Gasteiger partial charge in [-0.05, 0) is 34.4 Å². The zero-order valence-corrected chi connectivity index (χ0v) is 15.2. The van der Waals surface area contributed by atoms with Gasteiger partial charge in [0.2, 0.25) is 5.88 Å². The standard InChI is InChI=1S/C18H25FN4O2/c1-6-8-10-24-15(12-21-5)22-13-17(3,14(19)7-2)18(4)9-11-25-16(20)23-18/h7,12-13H,5,9-11H2,1-4H3,(H2,20,23)/b14-7+,15-12+,22-13?/t17?,18-/m0/s1. The Bertz CT molecular complexity index is 672. The van der Waals surface area contributed by atoms with Gasteiger partial charge >= 0.3 is 0 Å². The van der Waals surface area contributed by atoms with Crippen LogP contribution in [-0.4, -0.2) is 37.7 Å². The fraction of sp³-hybridized carbons (Fsp3) is 0.500. The van der Waals surface area contributed by atoms with Gasteiger partial charge in [0.15, 0.2) is 6.61 Å². The van der Waals surface area contributed by atoms with Crippen LogP contribution in [0.1, 0.15) is 34.1 Å². The Balaban J connectivity index is 3.25. The van der Waals surface area contributed by atoms with Gasteiger partial charge in [-0.3, -0.25) is 4.99 Å². The summed E-state index contributed by atoms with van der Waals surface area (Å²) in [4.78, 5) is 12.2. The SMILES string of the molecule is C=N/C=C(\N=CC(C)(/C(F)=C\C)[C@]1(C)CCOC(N)=N1)OCC#CC. The molecule has 1 unspecified atom stereocenters. The Morgan fingerprint density at radius 2 is 2.36 bits per heavy atom. The largest absolute Gasteiger partial charge is 0.465 e. The average Bonchev–Trinajstić information content (AvgIpc) is 2.58. The lowest BCUT2D eigenvalue weighted by molar-refractivity contribution is 0.156. The summed E-state index contributed by atoms with van der Waals surface area (Å²) in [5.41, 5.74) is 3.70. The van der Waals surface area contributed by atoms with E-state index in [1.54, 1.807) is 20.8 Å². The molecule has 1 rings (SSSR count). The van der Waals surface area contributed by atoms with Crippen molar-refractivity contribution in [2.75, 3.05) is 13.2 Å². The second kappa shape index (κ2) is 9.02. The number of amidine groups is 1. The van der Waals surface area contributed by atoms with E-state index in [9.17, 15) is 4.39 Å². The van der Waals surface area contributed by atoms with Gasteiger partial charge in [-0.1, -0.05) is 12.0 Å². The highest BCUT2D eigenvalue weighted by Crippen LogP contribution is 2.44. The van der Waals surface area contributed by atoms with E-state index < -0.39 is 11.0 Å². The summed E-state index contributed by atoms with van der Waals surface area (Å²) in [6, 6.07) is 0.0373. The summed E-state index contributed by atoms with van der Waals surface area (Å²) in [5.74, 6) is 5.27. The van der Waals surface area contributed by atoms with E-state index in [2.05, 4.69) is 33.5 Å². The third kappa shape index (κ3) is 4.92. The molecule has 1 aliphatic heterocycles. The molecule has 0 fully saturated rings. The van der Waals surface area contributed by atoms with Crippen LogP contribution < -0.4 is 5.73 Å². The van der Waals surface area contributed by atoms with Crippen molar-refractivity contribution >= 4 is 19.0 Å². The van der Waals surface area contributed by atoms with Gasteiger partial charge in [0.25, 0.3) is 6.02 Å². The van der Waals surface area contributed by atoms with E-state index in [1.165, 1.54) is 18.5 Å². The number of nitrogens with two attached hydrogens (primary N) is 1. The molecule has 2 atom stereocenters. The number of allylic oxidation sites excluding steroid dienone is 1. The Kier molecular flexibility index (Phi) is 7.37. The Morgan fingerprint density at radius 1 is 1.64 bits per heavy atom. The first-order valence-corrected chi connectivity index (χ1v) is 7.87. The van der Waals surface area contributed by atoms with Gasteiger partial charge in [0, 0.05) is 12.6 Å². The van der Waals surface area contributed by atoms with Crippen LogP contribution in [0.4, 0.5) is 4.39 Å². The van der Waals surface area contributed by atoms with Crippen LogP contribution in [0.3, 0.4) is 0 Å². The van der Waals surface area contributed by atoms with Crippen molar-refractivity contribution in [2.24, 2.45) is 26.1 Å². The molecule has 0 saturated carbocycles. The minimum Gasteiger partial charge on any atom is -0.465 e. The molecular formula is C18H25FN4O2. The highest BCUT2D eigenvalue weighted by molar-refractivity contribution is 5.77. The van der Waals surface area contributed by atoms with Crippen LogP contribution in [0.2, 0.25) is 0 Å². The van der Waals surface area contributed by atoms with Crippen molar-refractivity contribution in [2.45, 2.75) is 39.7 Å². The molecule has 0 aromatic rings. The number of rotatable bonds is 7. The number of hydrogen-bond donors (Lipinski definition) is 1. The van der Waals surface area contributed by atoms with Crippen molar-refractivity contribution in [3.63, 3.8) is 0 Å². The van der Waals surface area contributed by atoms with Gasteiger partial charge in [0.1, 0.15) is 5.83 Å². The predicted octanol–water partition coefficient (Wildman–Crippen LogP) is 2.97. The average molecular weight is 348 g/mol. The molecule has 0 radical (unpaired) electrons. The lowest BCUT2D eigenvalue weighted by Gasteiger charge is -2.42. The van der Waals surface area contributed by atoms with Gasteiger partial charge in [0.05, 0.1) is 23.8 Å². The zero-order chi connectivity index (χ0) is 18.9. The van der Waals surface area contributed by atoms with Crippen LogP contribution in [0, 0.1) is 17.3 Å². The molecule has 0 aromatic heterocycles. The van der Waals surface area contributed by atoms with Crippen molar-refractivity contribution in [3.8, 4) is 11.8 Å². The maximum atomic E-state index is 14.8. The highest BCUT2D eigenvalue weighted by Gasteiger charge is 2.48. The van der Waals surface area contributed by atoms with Crippen LogP contribution in [0.5, 0.6) is 0 Å². The van der Waals surface area contributed by atoms with Gasteiger partial charge < -0.3 is 15.2 Å². The number of hydrogen-bond acceptors (Lipinski definition) is 6. The first-order valence-electron chi connectivity index (χ1n) is 7.87. The second-order valence-corrected chi connectivity index (χ2v) is 5.78. The van der Waals surface area contributed by atoms with Crippen molar-refractivity contribution in [1.82, 2.24) is 0 Å². The maximum Gasteiger partial charge on any atom is 0.282 e. The summed E-state index contributed by atoms with van der Waals surface area (Å²) in [6.07, 6.45) is 4.67. The zero-order valence-electron chi connectivity index (χ0n) is 15.2. The summed E-state index contributed by atoms with van der Waals surface area (Å²) in [5, 5.41) is 0. The number of ether oxygens (including phenoxy) is 2. The number of aliphatic imine (C=N–C) groups is 3. The maximum absolute atomic E-state index is 14.8. The van der Waals surface area contributed by atoms with Crippen molar-refractivity contribution < 1.29 is 13.9 Å². The molecule has 0 amide bonds. The second-order valence-electron chi connectivity index (χ2n) is 5.78. The van der Waals surface area contributed by atoms with Crippen molar-refractivity contribution in [3.05, 3.63) is 24.0 Å². The topological polar surface area (TPSA) is 81.6 Å². The Morgan fingerprint density at radius 3 is 2.92 bits per heavy atom. The van der Waals surface area contributed by atoms with Gasteiger partial charge in [-0.2, -0.15) is 0 Å².